The van der Waals surface area contributed by atoms with Crippen LogP contribution in [0.3, 0.4) is 0 Å². The Hall–Kier alpha value is -4.49. The predicted octanol–water partition coefficient (Wildman–Crippen LogP) is 7.97. The first-order valence-electron chi connectivity index (χ1n) is 15.6. The number of hydrogen-bond acceptors (Lipinski definition) is 7. The van der Waals surface area contributed by atoms with Gasteiger partial charge in [0.15, 0.2) is 0 Å². The van der Waals surface area contributed by atoms with Crippen molar-refractivity contribution in [1.82, 2.24) is 14.9 Å². The van der Waals surface area contributed by atoms with Gasteiger partial charge in [-0.15, -0.1) is 0 Å². The van der Waals surface area contributed by atoms with Crippen LogP contribution < -0.4 is 15.4 Å². The molecule has 2 aliphatic rings. The number of piperidine rings is 1. The number of fused-ring (bicyclic) bond motifs is 1. The fraction of sp³-hybridized carbons (Fsp3) is 0.471. The maximum absolute atomic E-state index is 14.0. The van der Waals surface area contributed by atoms with Gasteiger partial charge in [0.05, 0.1) is 22.4 Å². The lowest BCUT2D eigenvalue weighted by Crippen LogP contribution is -2.41. The zero-order valence-corrected chi connectivity index (χ0v) is 27.3. The number of carbonyl (C=O) groups is 2. The van der Waals surface area contributed by atoms with E-state index in [2.05, 4.69) is 20.6 Å². The van der Waals surface area contributed by atoms with Crippen LogP contribution in [0.4, 0.5) is 44.1 Å². The molecule has 48 heavy (non-hydrogen) atoms. The van der Waals surface area contributed by atoms with E-state index in [-0.39, 0.29) is 47.7 Å². The van der Waals surface area contributed by atoms with Crippen molar-refractivity contribution in [1.29, 1.82) is 0 Å². The molecule has 14 heteroatoms. The van der Waals surface area contributed by atoms with Gasteiger partial charge in [0.25, 0.3) is 0 Å². The van der Waals surface area contributed by atoms with Crippen molar-refractivity contribution in [3.8, 4) is 5.75 Å². The highest BCUT2D eigenvalue weighted by Crippen LogP contribution is 2.41. The maximum Gasteiger partial charge on any atom is 0.419 e. The number of benzene rings is 2. The van der Waals surface area contributed by atoms with Gasteiger partial charge in [0.2, 0.25) is 11.9 Å². The molecule has 258 valence electrons. The number of nitrogens with zero attached hydrogens (tertiary/aromatic N) is 3. The van der Waals surface area contributed by atoms with Gasteiger partial charge in [-0.05, 0) is 101 Å². The Balaban J connectivity index is 1.36. The fourth-order valence-electron chi connectivity index (χ4n) is 6.13. The van der Waals surface area contributed by atoms with E-state index in [1.807, 2.05) is 0 Å². The minimum absolute atomic E-state index is 0.0446. The van der Waals surface area contributed by atoms with E-state index >= 15 is 0 Å². The number of nitrogens with one attached hydrogen (secondary N) is 2. The standard InChI is InChI=1S/C34H38F5N5O4/c1-32(2,3)48-31(46)44-15-13-19(14-16-44)21-10-12-24(26(17-21)47-29(35)36)43-30-40-18-22(34(37,38)39)23(42-30)11-9-20-7-6-8-25-27(20)33(4,5)28(45)41-25/h6-8,10,12,17-19,29H,9,11,13-16H2,1-5H3,(H,41,45)(H,40,42,43). The first kappa shape index (κ1) is 34.8. The van der Waals surface area contributed by atoms with Crippen LogP contribution in [0.15, 0.2) is 42.6 Å². The molecule has 0 unspecified atom stereocenters. The summed E-state index contributed by atoms with van der Waals surface area (Å²) in [5.74, 6) is -0.706. The number of hydrogen-bond donors (Lipinski definition) is 2. The van der Waals surface area contributed by atoms with Crippen LogP contribution >= 0.6 is 0 Å². The second kappa shape index (κ2) is 13.2. The van der Waals surface area contributed by atoms with E-state index in [0.29, 0.717) is 48.9 Å². The summed E-state index contributed by atoms with van der Waals surface area (Å²) >= 11 is 0. The highest BCUT2D eigenvalue weighted by molar-refractivity contribution is 6.06. The number of likely N-dealkylation sites (tertiary alicyclic amines) is 1. The molecule has 3 heterocycles. The third-order valence-corrected chi connectivity index (χ3v) is 8.48. The topological polar surface area (TPSA) is 106 Å². The van der Waals surface area contributed by atoms with Gasteiger partial charge in [-0.2, -0.15) is 22.0 Å². The quantitative estimate of drug-likeness (QED) is 0.233. The van der Waals surface area contributed by atoms with Gasteiger partial charge in [-0.3, -0.25) is 4.79 Å². The predicted molar refractivity (Wildman–Crippen MR) is 169 cm³/mol. The molecule has 2 aliphatic heterocycles. The number of aromatic nitrogens is 2. The SMILES string of the molecule is CC(C)(C)OC(=O)N1CCC(c2ccc(Nc3ncc(C(F)(F)F)c(CCc4cccc5c4C(C)(C)C(=O)N5)n3)c(OC(F)F)c2)CC1. The first-order valence-corrected chi connectivity index (χ1v) is 15.6. The van der Waals surface area contributed by atoms with Gasteiger partial charge >= 0.3 is 18.9 Å². The Bertz CT molecular complexity index is 1680. The lowest BCUT2D eigenvalue weighted by atomic mass is 9.82. The Kier molecular flexibility index (Phi) is 9.57. The van der Waals surface area contributed by atoms with Gasteiger partial charge in [-0.1, -0.05) is 18.2 Å². The average Bonchev–Trinajstić information content (AvgIpc) is 3.23. The highest BCUT2D eigenvalue weighted by atomic mass is 19.4. The average molecular weight is 676 g/mol. The smallest absolute Gasteiger partial charge is 0.419 e. The van der Waals surface area contributed by atoms with Gasteiger partial charge in [0.1, 0.15) is 11.4 Å². The third kappa shape index (κ3) is 7.79. The molecule has 0 spiro atoms. The summed E-state index contributed by atoms with van der Waals surface area (Å²) in [6, 6.07) is 9.91. The van der Waals surface area contributed by atoms with Crippen LogP contribution in [0.25, 0.3) is 0 Å². The number of aryl methyl sites for hydroxylation is 2. The maximum atomic E-state index is 14.0. The van der Waals surface area contributed by atoms with E-state index in [9.17, 15) is 31.5 Å². The van der Waals surface area contributed by atoms with Crippen molar-refractivity contribution >= 4 is 29.3 Å². The van der Waals surface area contributed by atoms with Crippen LogP contribution in [0.5, 0.6) is 5.75 Å². The van der Waals surface area contributed by atoms with Crippen molar-refractivity contribution in [2.24, 2.45) is 0 Å². The normalized spacial score (nSPS) is 16.5. The Morgan fingerprint density at radius 1 is 1.10 bits per heavy atom. The molecule has 1 aromatic heterocycles. The van der Waals surface area contributed by atoms with Crippen molar-refractivity contribution in [3.63, 3.8) is 0 Å². The number of alkyl halides is 5. The van der Waals surface area contributed by atoms with Crippen molar-refractivity contribution in [2.45, 2.75) is 90.0 Å². The molecule has 0 radical (unpaired) electrons. The Morgan fingerprint density at radius 3 is 2.46 bits per heavy atom. The Labute approximate surface area is 275 Å². The summed E-state index contributed by atoms with van der Waals surface area (Å²) in [5.41, 5.74) is -0.00901. The summed E-state index contributed by atoms with van der Waals surface area (Å²) < 4.78 is 79.2. The van der Waals surface area contributed by atoms with Crippen molar-refractivity contribution < 1.29 is 41.0 Å². The van der Waals surface area contributed by atoms with E-state index in [0.717, 1.165) is 5.56 Å². The second-order valence-electron chi connectivity index (χ2n) is 13.5. The Morgan fingerprint density at radius 2 is 1.81 bits per heavy atom. The van der Waals surface area contributed by atoms with Crippen LogP contribution in [0, 0.1) is 0 Å². The van der Waals surface area contributed by atoms with E-state index in [1.54, 1.807) is 63.8 Å². The fourth-order valence-corrected chi connectivity index (χ4v) is 6.13. The molecule has 2 amide bonds. The van der Waals surface area contributed by atoms with Gasteiger partial charge in [-0.25, -0.2) is 14.8 Å². The molecule has 9 nitrogen and oxygen atoms in total. The zero-order chi connectivity index (χ0) is 35.0. The summed E-state index contributed by atoms with van der Waals surface area (Å²) in [4.78, 5) is 34.6. The second-order valence-corrected chi connectivity index (χ2v) is 13.5. The van der Waals surface area contributed by atoms with Crippen LogP contribution in [0.1, 0.15) is 81.3 Å². The monoisotopic (exact) mass is 675 g/mol. The molecule has 2 aromatic carbocycles. The van der Waals surface area contributed by atoms with Crippen molar-refractivity contribution in [3.05, 3.63) is 70.5 Å². The number of rotatable bonds is 8. The summed E-state index contributed by atoms with van der Waals surface area (Å²) in [7, 11) is 0. The molecular weight excluding hydrogens is 637 g/mol. The molecule has 2 N–H and O–H groups in total. The largest absolute Gasteiger partial charge is 0.444 e. The highest BCUT2D eigenvalue weighted by Gasteiger charge is 2.40. The number of ether oxygens (including phenoxy) is 2. The zero-order valence-electron chi connectivity index (χ0n) is 27.3. The van der Waals surface area contributed by atoms with Gasteiger partial charge in [0, 0.05) is 25.0 Å². The number of anilines is 3. The molecular formula is C34H38F5N5O4. The van der Waals surface area contributed by atoms with E-state index in [1.165, 1.54) is 12.1 Å². The molecule has 0 atom stereocenters. The molecule has 3 aromatic rings. The first-order chi connectivity index (χ1) is 22.4. The van der Waals surface area contributed by atoms with Crippen LogP contribution in [-0.4, -0.2) is 52.2 Å². The molecule has 5 rings (SSSR count). The number of carbonyl (C=O) groups excluding carboxylic acids is 2. The van der Waals surface area contributed by atoms with Crippen LogP contribution in [-0.2, 0) is 34.0 Å². The van der Waals surface area contributed by atoms with Crippen molar-refractivity contribution in [2.75, 3.05) is 23.7 Å². The molecule has 0 bridgehead atoms. The number of amides is 2. The molecule has 1 saturated heterocycles. The lowest BCUT2D eigenvalue weighted by Gasteiger charge is -2.33. The number of halogens is 5. The molecule has 1 fully saturated rings. The summed E-state index contributed by atoms with van der Waals surface area (Å²) in [6.45, 7) is 6.53. The van der Waals surface area contributed by atoms with E-state index in [4.69, 9.17) is 9.47 Å². The van der Waals surface area contributed by atoms with E-state index < -0.39 is 35.5 Å². The third-order valence-electron chi connectivity index (χ3n) is 8.48. The summed E-state index contributed by atoms with van der Waals surface area (Å²) in [5, 5.41) is 5.57. The van der Waals surface area contributed by atoms with Gasteiger partial charge < -0.3 is 25.0 Å². The minimum Gasteiger partial charge on any atom is -0.444 e. The van der Waals surface area contributed by atoms with Crippen LogP contribution in [0.2, 0.25) is 0 Å². The molecule has 0 aliphatic carbocycles. The minimum atomic E-state index is -4.74. The summed E-state index contributed by atoms with van der Waals surface area (Å²) in [6.07, 6.45) is -3.34. The molecule has 0 saturated carbocycles. The lowest BCUT2D eigenvalue weighted by molar-refractivity contribution is -0.138.